The number of methoxy groups -OCH3 is 1. The number of hydrogen-bond acceptors (Lipinski definition) is 3. The number of para-hydroxylation sites is 1. The number of halogens is 1. The van der Waals surface area contributed by atoms with Gasteiger partial charge in [0.2, 0.25) is 0 Å². The van der Waals surface area contributed by atoms with Crippen LogP contribution in [0.2, 0.25) is 0 Å². The van der Waals surface area contributed by atoms with Crippen LogP contribution in [0.3, 0.4) is 0 Å². The topological polar surface area (TPSA) is 46.1 Å². The van der Waals surface area contributed by atoms with E-state index in [0.717, 1.165) is 55.5 Å². The van der Waals surface area contributed by atoms with Crippen LogP contribution in [0.1, 0.15) is 51.0 Å². The van der Waals surface area contributed by atoms with Crippen molar-refractivity contribution in [3.05, 3.63) is 23.8 Å². The molecule has 0 atom stereocenters. The van der Waals surface area contributed by atoms with Crippen molar-refractivity contribution in [1.82, 2.24) is 10.2 Å². The van der Waals surface area contributed by atoms with Crippen molar-refractivity contribution in [2.45, 2.75) is 58.1 Å². The summed E-state index contributed by atoms with van der Waals surface area (Å²) in [5, 5.41) is 3.42. The molecule has 1 aromatic carbocycles. The van der Waals surface area contributed by atoms with Crippen LogP contribution in [0.5, 0.6) is 11.5 Å². The van der Waals surface area contributed by atoms with E-state index in [-0.39, 0.29) is 24.0 Å². The van der Waals surface area contributed by atoms with Gasteiger partial charge in [0.05, 0.1) is 19.8 Å². The van der Waals surface area contributed by atoms with E-state index in [1.807, 2.05) is 12.1 Å². The fourth-order valence-corrected chi connectivity index (χ4v) is 3.67. The molecule has 0 radical (unpaired) electrons. The molecule has 6 heteroatoms. The monoisotopic (exact) mass is 473 g/mol. The second kappa shape index (κ2) is 10.8. The number of hydrogen-bond donors (Lipinski definition) is 1. The van der Waals surface area contributed by atoms with Gasteiger partial charge in [0.1, 0.15) is 0 Å². The molecule has 146 valence electrons. The molecule has 1 saturated heterocycles. The molecule has 1 saturated carbocycles. The van der Waals surface area contributed by atoms with Gasteiger partial charge in [-0.25, -0.2) is 4.99 Å². The van der Waals surface area contributed by atoms with Crippen LogP contribution in [-0.2, 0) is 6.54 Å². The average Bonchev–Trinajstić information content (AvgIpc) is 3.33. The number of nitrogens with zero attached hydrogens (tertiary/aromatic N) is 2. The first kappa shape index (κ1) is 21.1. The smallest absolute Gasteiger partial charge is 0.194 e. The van der Waals surface area contributed by atoms with Crippen LogP contribution in [-0.4, -0.2) is 43.7 Å². The van der Waals surface area contributed by atoms with Crippen molar-refractivity contribution in [1.29, 1.82) is 0 Å². The first-order valence-corrected chi connectivity index (χ1v) is 9.67. The summed E-state index contributed by atoms with van der Waals surface area (Å²) < 4.78 is 11.9. The highest BCUT2D eigenvalue weighted by atomic mass is 127. The van der Waals surface area contributed by atoms with Crippen molar-refractivity contribution >= 4 is 29.9 Å². The van der Waals surface area contributed by atoms with Gasteiger partial charge in [-0.3, -0.25) is 0 Å². The minimum absolute atomic E-state index is 0. The summed E-state index contributed by atoms with van der Waals surface area (Å²) in [6.07, 6.45) is 7.60. The molecule has 2 fully saturated rings. The number of rotatable bonds is 6. The molecule has 0 spiro atoms. The molecule has 0 bridgehead atoms. The van der Waals surface area contributed by atoms with E-state index >= 15 is 0 Å². The van der Waals surface area contributed by atoms with E-state index in [9.17, 15) is 0 Å². The minimum Gasteiger partial charge on any atom is -0.493 e. The fraction of sp³-hybridized carbons (Fsp3) is 0.650. The SMILES string of the molecule is CCNC(=NCc1cccc(OC)c1OC1CCCC1)N1CCCC1.I. The van der Waals surface area contributed by atoms with Crippen LogP contribution in [0, 0.1) is 0 Å². The Balaban J connectivity index is 0.00000243. The summed E-state index contributed by atoms with van der Waals surface area (Å²) in [4.78, 5) is 7.22. The van der Waals surface area contributed by atoms with Gasteiger partial charge in [-0.15, -0.1) is 24.0 Å². The number of ether oxygens (including phenoxy) is 2. The van der Waals surface area contributed by atoms with Crippen LogP contribution in [0.25, 0.3) is 0 Å². The third-order valence-corrected chi connectivity index (χ3v) is 5.01. The van der Waals surface area contributed by atoms with Gasteiger partial charge in [0, 0.05) is 25.2 Å². The summed E-state index contributed by atoms with van der Waals surface area (Å²) in [5.41, 5.74) is 1.10. The number of likely N-dealkylation sites (tertiary alicyclic amines) is 1. The summed E-state index contributed by atoms with van der Waals surface area (Å²) in [5.74, 6) is 2.69. The molecule has 0 amide bonds. The lowest BCUT2D eigenvalue weighted by Gasteiger charge is -2.22. The fourth-order valence-electron chi connectivity index (χ4n) is 3.67. The van der Waals surface area contributed by atoms with Gasteiger partial charge in [-0.1, -0.05) is 12.1 Å². The summed E-state index contributed by atoms with van der Waals surface area (Å²) >= 11 is 0. The lowest BCUT2D eigenvalue weighted by atomic mass is 10.1. The molecule has 1 aliphatic carbocycles. The Kier molecular flexibility index (Phi) is 8.81. The van der Waals surface area contributed by atoms with Crippen LogP contribution in [0.15, 0.2) is 23.2 Å². The van der Waals surface area contributed by atoms with E-state index in [1.165, 1.54) is 25.7 Å². The van der Waals surface area contributed by atoms with Gasteiger partial charge in [-0.2, -0.15) is 0 Å². The Morgan fingerprint density at radius 3 is 2.58 bits per heavy atom. The summed E-state index contributed by atoms with van der Waals surface area (Å²) in [6.45, 7) is 5.80. The Bertz CT molecular complexity index is 582. The molecule has 0 aromatic heterocycles. The van der Waals surface area contributed by atoms with Crippen molar-refractivity contribution in [3.8, 4) is 11.5 Å². The second-order valence-corrected chi connectivity index (χ2v) is 6.84. The maximum absolute atomic E-state index is 6.32. The highest BCUT2D eigenvalue weighted by Gasteiger charge is 2.21. The highest BCUT2D eigenvalue weighted by Crippen LogP contribution is 2.35. The molecule has 5 nitrogen and oxygen atoms in total. The number of aliphatic imine (C=N–C) groups is 1. The van der Waals surface area contributed by atoms with Gasteiger partial charge in [-0.05, 0) is 51.5 Å². The minimum atomic E-state index is 0. The zero-order valence-corrected chi connectivity index (χ0v) is 18.3. The van der Waals surface area contributed by atoms with E-state index in [1.54, 1.807) is 7.11 Å². The maximum atomic E-state index is 6.32. The molecule has 3 rings (SSSR count). The molecule has 26 heavy (non-hydrogen) atoms. The molecule has 1 heterocycles. The third kappa shape index (κ3) is 5.41. The highest BCUT2D eigenvalue weighted by molar-refractivity contribution is 14.0. The quantitative estimate of drug-likeness (QED) is 0.382. The Morgan fingerprint density at radius 2 is 1.92 bits per heavy atom. The molecule has 1 N–H and O–H groups in total. The average molecular weight is 473 g/mol. The van der Waals surface area contributed by atoms with Crippen molar-refractivity contribution in [2.24, 2.45) is 4.99 Å². The van der Waals surface area contributed by atoms with Gasteiger partial charge in [0.15, 0.2) is 17.5 Å². The first-order chi connectivity index (χ1) is 12.3. The first-order valence-electron chi connectivity index (χ1n) is 9.67. The van der Waals surface area contributed by atoms with E-state index in [2.05, 4.69) is 23.2 Å². The van der Waals surface area contributed by atoms with Crippen LogP contribution >= 0.6 is 24.0 Å². The van der Waals surface area contributed by atoms with Gasteiger partial charge >= 0.3 is 0 Å². The van der Waals surface area contributed by atoms with Crippen LogP contribution < -0.4 is 14.8 Å². The van der Waals surface area contributed by atoms with E-state index in [0.29, 0.717) is 12.6 Å². The van der Waals surface area contributed by atoms with Crippen molar-refractivity contribution in [3.63, 3.8) is 0 Å². The molecule has 2 aliphatic rings. The summed E-state index contributed by atoms with van der Waals surface area (Å²) in [6, 6.07) is 6.10. The number of benzene rings is 1. The predicted molar refractivity (Wildman–Crippen MR) is 117 cm³/mol. The van der Waals surface area contributed by atoms with Crippen molar-refractivity contribution in [2.75, 3.05) is 26.7 Å². The maximum Gasteiger partial charge on any atom is 0.194 e. The van der Waals surface area contributed by atoms with Gasteiger partial charge in [0.25, 0.3) is 0 Å². The summed E-state index contributed by atoms with van der Waals surface area (Å²) in [7, 11) is 1.71. The predicted octanol–water partition coefficient (Wildman–Crippen LogP) is 4.20. The molecule has 0 unspecified atom stereocenters. The number of nitrogens with one attached hydrogen (secondary N) is 1. The lowest BCUT2D eigenvalue weighted by Crippen LogP contribution is -2.39. The number of guanidine groups is 1. The Labute approximate surface area is 174 Å². The van der Waals surface area contributed by atoms with Gasteiger partial charge < -0.3 is 19.7 Å². The zero-order valence-electron chi connectivity index (χ0n) is 16.0. The lowest BCUT2D eigenvalue weighted by molar-refractivity contribution is 0.198. The normalized spacial score (nSPS) is 17.9. The van der Waals surface area contributed by atoms with E-state index in [4.69, 9.17) is 14.5 Å². The van der Waals surface area contributed by atoms with E-state index < -0.39 is 0 Å². The third-order valence-electron chi connectivity index (χ3n) is 5.01. The Hall–Kier alpha value is -1.18. The standard InChI is InChI=1S/C20H31N3O2.HI/c1-3-21-20(23-13-6-7-14-23)22-15-16-9-8-12-18(24-2)19(16)25-17-10-4-5-11-17;/h8-9,12,17H,3-7,10-11,13-15H2,1-2H3,(H,21,22);1H. The van der Waals surface area contributed by atoms with Crippen LogP contribution in [0.4, 0.5) is 0 Å². The molecular formula is C20H32IN3O2. The molecular weight excluding hydrogens is 441 g/mol. The zero-order chi connectivity index (χ0) is 17.5. The second-order valence-electron chi connectivity index (χ2n) is 6.84. The molecule has 1 aliphatic heterocycles. The van der Waals surface area contributed by atoms with Crippen molar-refractivity contribution < 1.29 is 9.47 Å². The molecule has 1 aromatic rings. The Morgan fingerprint density at radius 1 is 1.19 bits per heavy atom. The largest absolute Gasteiger partial charge is 0.493 e.